The Morgan fingerprint density at radius 2 is 1.67 bits per heavy atom. The number of rotatable bonds is 7. The lowest BCUT2D eigenvalue weighted by molar-refractivity contribution is 0.305. The summed E-state index contributed by atoms with van der Waals surface area (Å²) in [5.74, 6) is 2.20. The largest absolute Gasteiger partial charge is 0.489 e. The molecule has 0 saturated carbocycles. The summed E-state index contributed by atoms with van der Waals surface area (Å²) < 4.78 is 17.4. The summed E-state index contributed by atoms with van der Waals surface area (Å²) >= 11 is 0. The van der Waals surface area contributed by atoms with Gasteiger partial charge in [0.2, 0.25) is 0 Å². The van der Waals surface area contributed by atoms with E-state index in [1.807, 2.05) is 73.7 Å². The number of hydrogen-bond acceptors (Lipinski definition) is 4. The van der Waals surface area contributed by atoms with Gasteiger partial charge in [-0.25, -0.2) is 4.79 Å². The topological polar surface area (TPSA) is 48.7 Å². The van der Waals surface area contributed by atoms with Gasteiger partial charge in [-0.15, -0.1) is 0 Å². The van der Waals surface area contributed by atoms with Gasteiger partial charge < -0.3 is 13.9 Å². The molecular formula is C26H24O4. The van der Waals surface area contributed by atoms with Crippen LogP contribution in [0.2, 0.25) is 0 Å². The molecule has 0 radical (unpaired) electrons. The zero-order valence-corrected chi connectivity index (χ0v) is 17.2. The first-order chi connectivity index (χ1) is 14.6. The average molecular weight is 400 g/mol. The highest BCUT2D eigenvalue weighted by Gasteiger charge is 2.11. The first kappa shape index (κ1) is 19.8. The normalized spacial score (nSPS) is 10.9. The average Bonchev–Trinajstić information content (AvgIpc) is 2.76. The highest BCUT2D eigenvalue weighted by Crippen LogP contribution is 2.26. The zero-order valence-electron chi connectivity index (χ0n) is 17.2. The van der Waals surface area contributed by atoms with Gasteiger partial charge in [0.25, 0.3) is 0 Å². The van der Waals surface area contributed by atoms with Crippen molar-refractivity contribution in [2.45, 2.75) is 33.3 Å². The first-order valence-corrected chi connectivity index (χ1v) is 10.1. The molecule has 30 heavy (non-hydrogen) atoms. The Labute approximate surface area is 175 Å². The number of benzene rings is 3. The van der Waals surface area contributed by atoms with E-state index in [2.05, 4.69) is 6.92 Å². The summed E-state index contributed by atoms with van der Waals surface area (Å²) in [7, 11) is 0. The number of hydrogen-bond donors (Lipinski definition) is 0. The van der Waals surface area contributed by atoms with E-state index in [-0.39, 0.29) is 5.63 Å². The fourth-order valence-electron chi connectivity index (χ4n) is 3.49. The molecule has 0 atom stereocenters. The molecular weight excluding hydrogens is 376 g/mol. The predicted octanol–water partition coefficient (Wildman–Crippen LogP) is 6.43. The van der Waals surface area contributed by atoms with Crippen LogP contribution in [0, 0.1) is 6.92 Å². The van der Waals surface area contributed by atoms with Crippen LogP contribution in [0.25, 0.3) is 11.0 Å². The summed E-state index contributed by atoms with van der Waals surface area (Å²) in [5, 5.41) is 0.948. The molecule has 4 aromatic rings. The molecule has 4 rings (SSSR count). The number of fused-ring (bicyclic) bond motifs is 1. The lowest BCUT2D eigenvalue weighted by Crippen LogP contribution is -2.10. The van der Waals surface area contributed by atoms with Crippen LogP contribution in [0.1, 0.15) is 30.0 Å². The Bertz CT molecular complexity index is 1210. The van der Waals surface area contributed by atoms with E-state index in [4.69, 9.17) is 13.9 Å². The van der Waals surface area contributed by atoms with Gasteiger partial charge in [-0.3, -0.25) is 0 Å². The second kappa shape index (κ2) is 8.87. The third-order valence-electron chi connectivity index (χ3n) is 5.04. The van der Waals surface area contributed by atoms with E-state index in [0.29, 0.717) is 17.9 Å². The number of para-hydroxylation sites is 1. The molecule has 0 aliphatic rings. The van der Waals surface area contributed by atoms with Gasteiger partial charge in [-0.05, 0) is 60.9 Å². The van der Waals surface area contributed by atoms with Crippen molar-refractivity contribution in [2.75, 3.05) is 0 Å². The monoisotopic (exact) mass is 400 g/mol. The summed E-state index contributed by atoms with van der Waals surface area (Å²) in [6, 6.07) is 23.1. The van der Waals surface area contributed by atoms with Gasteiger partial charge in [0.05, 0.1) is 0 Å². The van der Waals surface area contributed by atoms with Crippen molar-refractivity contribution >= 4 is 11.0 Å². The molecule has 0 bridgehead atoms. The Morgan fingerprint density at radius 3 is 2.47 bits per heavy atom. The van der Waals surface area contributed by atoms with Crippen LogP contribution < -0.4 is 15.1 Å². The van der Waals surface area contributed by atoms with Crippen molar-refractivity contribution in [3.8, 4) is 17.2 Å². The van der Waals surface area contributed by atoms with Gasteiger partial charge in [0.1, 0.15) is 29.4 Å². The Kier molecular flexibility index (Phi) is 5.84. The number of ether oxygens (including phenoxy) is 2. The van der Waals surface area contributed by atoms with E-state index in [9.17, 15) is 4.79 Å². The minimum atomic E-state index is -0.259. The van der Waals surface area contributed by atoms with Crippen LogP contribution in [0.15, 0.2) is 82.0 Å². The fourth-order valence-corrected chi connectivity index (χ4v) is 3.49. The Morgan fingerprint density at radius 1 is 0.867 bits per heavy atom. The Hall–Kier alpha value is -3.53. The summed E-state index contributed by atoms with van der Waals surface area (Å²) in [5.41, 5.74) is 3.02. The van der Waals surface area contributed by atoms with Crippen molar-refractivity contribution in [3.63, 3.8) is 0 Å². The van der Waals surface area contributed by atoms with E-state index < -0.39 is 0 Å². The molecule has 3 aromatic carbocycles. The molecule has 0 fully saturated rings. The molecule has 0 N–H and O–H groups in total. The SMILES string of the molecule is CCCc1c(C)c2ccc(OCc3cccc(Oc4ccccc4)c3)cc2oc1=O. The fraction of sp³-hybridized carbons (Fsp3) is 0.192. The van der Waals surface area contributed by atoms with E-state index in [1.165, 1.54) is 0 Å². The van der Waals surface area contributed by atoms with Gasteiger partial charge in [-0.1, -0.05) is 43.7 Å². The van der Waals surface area contributed by atoms with Gasteiger partial charge in [-0.2, -0.15) is 0 Å². The maximum absolute atomic E-state index is 12.3. The van der Waals surface area contributed by atoms with E-state index >= 15 is 0 Å². The molecule has 4 nitrogen and oxygen atoms in total. The van der Waals surface area contributed by atoms with Crippen molar-refractivity contribution in [1.29, 1.82) is 0 Å². The van der Waals surface area contributed by atoms with Crippen molar-refractivity contribution in [2.24, 2.45) is 0 Å². The van der Waals surface area contributed by atoms with Gasteiger partial charge >= 0.3 is 5.63 Å². The standard InChI is InChI=1S/C26H24O4/c1-3-8-24-18(2)23-14-13-21(16-25(23)30-26(24)27)28-17-19-9-7-12-22(15-19)29-20-10-5-4-6-11-20/h4-7,9-16H,3,8,17H2,1-2H3. The molecule has 4 heteroatoms. The molecule has 152 valence electrons. The second-order valence-corrected chi connectivity index (χ2v) is 7.25. The van der Waals surface area contributed by atoms with Crippen molar-refractivity contribution < 1.29 is 13.9 Å². The summed E-state index contributed by atoms with van der Waals surface area (Å²) in [6.45, 7) is 4.41. The van der Waals surface area contributed by atoms with E-state index in [1.54, 1.807) is 6.07 Å². The minimum absolute atomic E-state index is 0.259. The summed E-state index contributed by atoms with van der Waals surface area (Å²) in [4.78, 5) is 12.3. The highest BCUT2D eigenvalue weighted by atomic mass is 16.5. The zero-order chi connectivity index (χ0) is 20.9. The van der Waals surface area contributed by atoms with Crippen LogP contribution >= 0.6 is 0 Å². The second-order valence-electron chi connectivity index (χ2n) is 7.25. The maximum atomic E-state index is 12.3. The van der Waals surface area contributed by atoms with Crippen LogP contribution in [0.3, 0.4) is 0 Å². The molecule has 0 aliphatic heterocycles. The quantitative estimate of drug-likeness (QED) is 0.336. The molecule has 0 spiro atoms. The van der Waals surface area contributed by atoms with Crippen LogP contribution in [0.4, 0.5) is 0 Å². The van der Waals surface area contributed by atoms with Crippen LogP contribution in [-0.4, -0.2) is 0 Å². The molecule has 0 unspecified atom stereocenters. The summed E-state index contributed by atoms with van der Waals surface area (Å²) in [6.07, 6.45) is 1.63. The lowest BCUT2D eigenvalue weighted by Gasteiger charge is -2.11. The number of aryl methyl sites for hydroxylation is 1. The smallest absolute Gasteiger partial charge is 0.339 e. The molecule has 1 heterocycles. The lowest BCUT2D eigenvalue weighted by atomic mass is 10.0. The molecule has 0 saturated heterocycles. The van der Waals surface area contributed by atoms with Gasteiger partial charge in [0, 0.05) is 17.0 Å². The predicted molar refractivity (Wildman–Crippen MR) is 119 cm³/mol. The molecule has 0 aliphatic carbocycles. The van der Waals surface area contributed by atoms with E-state index in [0.717, 1.165) is 46.4 Å². The maximum Gasteiger partial charge on any atom is 0.339 e. The van der Waals surface area contributed by atoms with Crippen LogP contribution in [0.5, 0.6) is 17.2 Å². The van der Waals surface area contributed by atoms with Gasteiger partial charge in [0.15, 0.2) is 0 Å². The van der Waals surface area contributed by atoms with Crippen molar-refractivity contribution in [1.82, 2.24) is 0 Å². The third kappa shape index (κ3) is 4.38. The highest BCUT2D eigenvalue weighted by molar-refractivity contribution is 5.82. The Balaban J connectivity index is 1.50. The van der Waals surface area contributed by atoms with Crippen LogP contribution in [-0.2, 0) is 13.0 Å². The third-order valence-corrected chi connectivity index (χ3v) is 5.04. The van der Waals surface area contributed by atoms with Crippen molar-refractivity contribution in [3.05, 3.63) is 99.9 Å². The first-order valence-electron chi connectivity index (χ1n) is 10.1. The molecule has 1 aromatic heterocycles. The molecule has 0 amide bonds. The minimum Gasteiger partial charge on any atom is -0.489 e.